The van der Waals surface area contributed by atoms with Crippen LogP contribution < -0.4 is 32.7 Å². The molecule has 1 aromatic heterocycles. The van der Waals surface area contributed by atoms with E-state index in [1.54, 1.807) is 28.4 Å². The van der Waals surface area contributed by atoms with Crippen LogP contribution in [0.3, 0.4) is 0 Å². The summed E-state index contributed by atoms with van der Waals surface area (Å²) in [7, 11) is 2.74. The van der Waals surface area contributed by atoms with E-state index in [0.29, 0.717) is 57.4 Å². The second-order valence-electron chi connectivity index (χ2n) is 23.7. The first kappa shape index (κ1) is 54.2. The highest BCUT2D eigenvalue weighted by Crippen LogP contribution is 2.58. The smallest absolute Gasteiger partial charge is 0.453 e. The normalized spacial score (nSPS) is 14.2. The molecular formula is C64H73NO9P2. The van der Waals surface area contributed by atoms with Crippen LogP contribution in [0, 0.1) is 0 Å². The molecule has 0 saturated carbocycles. The fourth-order valence-electron chi connectivity index (χ4n) is 10.2. The van der Waals surface area contributed by atoms with Crippen molar-refractivity contribution in [3.63, 3.8) is 0 Å². The third kappa shape index (κ3) is 10.4. The van der Waals surface area contributed by atoms with Gasteiger partial charge in [0.15, 0.2) is 0 Å². The molecule has 1 atom stereocenters. The summed E-state index contributed by atoms with van der Waals surface area (Å²) in [6.07, 6.45) is 1.08. The highest BCUT2D eigenvalue weighted by molar-refractivity contribution is 7.55. The molecule has 7 aromatic carbocycles. The van der Waals surface area contributed by atoms with Crippen LogP contribution >= 0.6 is 16.5 Å². The maximum Gasteiger partial charge on any atom is 0.453 e. The molecule has 1 amide bonds. The van der Waals surface area contributed by atoms with E-state index in [0.717, 1.165) is 78.2 Å². The Hall–Kier alpha value is -6.60. The molecule has 0 saturated heterocycles. The lowest BCUT2D eigenvalue weighted by molar-refractivity contribution is 0.0998. The number of para-hydroxylation sites is 1. The van der Waals surface area contributed by atoms with Gasteiger partial charge in [-0.25, -0.2) is 0 Å². The highest BCUT2D eigenvalue weighted by atomic mass is 31.2. The maximum absolute atomic E-state index is 15.4. The van der Waals surface area contributed by atoms with Crippen LogP contribution in [0.4, 0.5) is 5.69 Å². The second-order valence-corrected chi connectivity index (χ2v) is 26.3. The molecule has 12 heteroatoms. The van der Waals surface area contributed by atoms with Crippen molar-refractivity contribution in [2.24, 2.45) is 0 Å². The molecule has 9 rings (SSSR count). The number of carbonyl (C=O) groups is 1. The van der Waals surface area contributed by atoms with Crippen LogP contribution in [-0.2, 0) is 34.2 Å². The minimum absolute atomic E-state index is 0.0997. The van der Waals surface area contributed by atoms with Crippen molar-refractivity contribution in [2.45, 2.75) is 124 Å². The van der Waals surface area contributed by atoms with Gasteiger partial charge in [0.2, 0.25) is 8.30 Å². The van der Waals surface area contributed by atoms with Gasteiger partial charge >= 0.3 is 8.24 Å². The van der Waals surface area contributed by atoms with Gasteiger partial charge in [-0.05, 0) is 128 Å². The topological polar surface area (TPSA) is 102 Å². The number of carbonyl (C=O) groups excluding carboxylic acids is 1. The van der Waals surface area contributed by atoms with Crippen molar-refractivity contribution in [3.8, 4) is 45.6 Å². The van der Waals surface area contributed by atoms with Crippen LogP contribution in [-0.4, -0.2) is 34.3 Å². The van der Waals surface area contributed by atoms with E-state index >= 15 is 4.79 Å². The van der Waals surface area contributed by atoms with Gasteiger partial charge in [-0.3, -0.25) is 9.46 Å². The quantitative estimate of drug-likeness (QED) is 0.117. The number of aryl methyl sites for hydroxylation is 1. The Labute approximate surface area is 451 Å². The van der Waals surface area contributed by atoms with Crippen LogP contribution in [0.15, 0.2) is 118 Å². The van der Waals surface area contributed by atoms with Gasteiger partial charge in [0.25, 0.3) is 5.91 Å². The summed E-state index contributed by atoms with van der Waals surface area (Å²) in [5.74, 6) is 3.72. The molecule has 1 aliphatic heterocycles. The van der Waals surface area contributed by atoms with Crippen LogP contribution in [0.25, 0.3) is 43.8 Å². The summed E-state index contributed by atoms with van der Waals surface area (Å²) in [5.41, 5.74) is 8.31. The minimum atomic E-state index is -2.27. The van der Waals surface area contributed by atoms with E-state index in [2.05, 4.69) is 114 Å². The van der Waals surface area contributed by atoms with E-state index in [1.165, 1.54) is 0 Å². The van der Waals surface area contributed by atoms with E-state index in [-0.39, 0.29) is 16.7 Å². The highest BCUT2D eigenvalue weighted by Gasteiger charge is 2.40. The first-order valence-corrected chi connectivity index (χ1v) is 28.5. The lowest BCUT2D eigenvalue weighted by Gasteiger charge is -2.38. The fraction of sp³-hybridized carbons (Fsp3) is 0.359. The number of benzene rings is 7. The van der Waals surface area contributed by atoms with Crippen LogP contribution in [0.1, 0.15) is 134 Å². The van der Waals surface area contributed by atoms with Crippen LogP contribution in [0.5, 0.6) is 34.5 Å². The summed E-state index contributed by atoms with van der Waals surface area (Å²) < 4.78 is 55.8. The number of rotatable bonds is 11. The Morgan fingerprint density at radius 2 is 0.974 bits per heavy atom. The lowest BCUT2D eigenvalue weighted by Crippen LogP contribution is -2.33. The van der Waals surface area contributed by atoms with E-state index in [9.17, 15) is 0 Å². The predicted octanol–water partition coefficient (Wildman–Crippen LogP) is 18.3. The standard InChI is InChI=1S/C64H73NO9P2/c1-18-38-23-21-22-26-55(38)65-60(66)49-27-39-24-19-20-25-40(39)28-56(49)71-75(65)37-50-45(29-41(67-14)33-51(50)61(2,3)4)46-30-42(68-15)34-52(62(5,6)7)57(46)72-76-73-58-47(31-43(69-16)35-53(58)63(8,9)10)48-32-44(70-17)36-54(59(48)74-76)64(11,12)13/h19-36H,18,37H2,1-17H3. The Morgan fingerprint density at radius 3 is 1.49 bits per heavy atom. The van der Waals surface area contributed by atoms with Crippen molar-refractivity contribution in [2.75, 3.05) is 33.1 Å². The van der Waals surface area contributed by atoms with Gasteiger partial charge < -0.3 is 36.4 Å². The zero-order valence-corrected chi connectivity index (χ0v) is 49.1. The molecule has 0 N–H and O–H groups in total. The Bertz CT molecular complexity index is 3500. The first-order chi connectivity index (χ1) is 35.9. The van der Waals surface area contributed by atoms with Gasteiger partial charge in [-0.15, -0.1) is 0 Å². The number of methoxy groups -OCH3 is 4. The molecule has 8 aromatic rings. The van der Waals surface area contributed by atoms with Gasteiger partial charge in [-0.2, -0.15) is 0 Å². The molecule has 0 spiro atoms. The summed E-state index contributed by atoms with van der Waals surface area (Å²) in [4.78, 5) is 15.4. The molecule has 10 nitrogen and oxygen atoms in total. The Morgan fingerprint density at radius 1 is 0.513 bits per heavy atom. The summed E-state index contributed by atoms with van der Waals surface area (Å²) in [6, 6.07) is 36.6. The average molecular weight is 1060 g/mol. The van der Waals surface area contributed by atoms with Crippen LogP contribution in [0.2, 0.25) is 0 Å². The summed E-state index contributed by atoms with van der Waals surface area (Å²) in [5, 5.41) is 3.58. The third-order valence-corrected chi connectivity index (χ3v) is 17.1. The Balaban J connectivity index is 1.37. The molecular weight excluding hydrogens is 989 g/mol. The first-order valence-electron chi connectivity index (χ1n) is 26.0. The molecule has 0 fully saturated rings. The fourth-order valence-corrected chi connectivity index (χ4v) is 13.3. The molecule has 1 aliphatic rings. The van der Waals surface area contributed by atoms with Crippen molar-refractivity contribution in [1.29, 1.82) is 0 Å². The van der Waals surface area contributed by atoms with E-state index < -0.39 is 27.4 Å². The SMILES string of the molecule is CCc1ccccc1N1C(=O)c2cc3ccccc3cc2OP1Cc1c(-c2cc(OC)cc(C(C)(C)C)c2Op2oc3c(C(C)(C)C)cc(OC)cc3c3cc(OC)cc(C(C)(C)C)c3o2)cc(OC)cc1C(C)(C)C. The number of hydrogen-bond acceptors (Lipinski definition) is 9. The maximum atomic E-state index is 15.4. The molecule has 0 radical (unpaired) electrons. The molecule has 1 unspecified atom stereocenters. The molecule has 2 heterocycles. The zero-order valence-electron chi connectivity index (χ0n) is 47.3. The van der Waals surface area contributed by atoms with Gasteiger partial charge in [0.05, 0.1) is 39.7 Å². The van der Waals surface area contributed by atoms with Gasteiger partial charge in [0, 0.05) is 39.2 Å². The monoisotopic (exact) mass is 1060 g/mol. The van der Waals surface area contributed by atoms with Crippen molar-refractivity contribution < 1.29 is 41.2 Å². The van der Waals surface area contributed by atoms with Crippen molar-refractivity contribution in [1.82, 2.24) is 0 Å². The molecule has 76 heavy (non-hydrogen) atoms. The predicted molar refractivity (Wildman–Crippen MR) is 313 cm³/mol. The minimum Gasteiger partial charge on any atom is -0.497 e. The molecule has 0 bridgehead atoms. The summed E-state index contributed by atoms with van der Waals surface area (Å²) in [6.45, 7) is 28.2. The number of hydrogen-bond donors (Lipinski definition) is 0. The zero-order chi connectivity index (χ0) is 54.8. The molecule has 0 aliphatic carbocycles. The second kappa shape index (κ2) is 20.4. The van der Waals surface area contributed by atoms with Gasteiger partial charge in [0.1, 0.15) is 45.7 Å². The van der Waals surface area contributed by atoms with Crippen molar-refractivity contribution >= 4 is 60.8 Å². The van der Waals surface area contributed by atoms with Crippen molar-refractivity contribution in [3.05, 3.63) is 148 Å². The van der Waals surface area contributed by atoms with E-state index in [1.807, 2.05) is 89.6 Å². The number of anilines is 1. The number of amides is 1. The lowest BCUT2D eigenvalue weighted by atomic mass is 9.79. The van der Waals surface area contributed by atoms with E-state index in [4.69, 9.17) is 36.4 Å². The number of nitrogens with zero attached hydrogens (tertiary/aromatic N) is 1. The number of ether oxygens (including phenoxy) is 4. The average Bonchev–Trinajstić information content (AvgIpc) is 3.52. The molecule has 398 valence electrons. The largest absolute Gasteiger partial charge is 0.497 e. The summed E-state index contributed by atoms with van der Waals surface area (Å²) >= 11 is 0. The van der Waals surface area contributed by atoms with Gasteiger partial charge in [-0.1, -0.05) is 132 Å². The Kier molecular flexibility index (Phi) is 14.6. The third-order valence-electron chi connectivity index (χ3n) is 14.3. The number of fused-ring (bicyclic) bond motifs is 5.